The zero-order valence-corrected chi connectivity index (χ0v) is 11.1. The van der Waals surface area contributed by atoms with Crippen molar-refractivity contribution >= 4 is 15.7 Å². The van der Waals surface area contributed by atoms with Crippen molar-refractivity contribution in [1.29, 1.82) is 0 Å². The summed E-state index contributed by atoms with van der Waals surface area (Å²) in [6.07, 6.45) is 4.74. The molecule has 1 amide bonds. The molecule has 1 saturated carbocycles. The van der Waals surface area contributed by atoms with Crippen LogP contribution in [0.15, 0.2) is 0 Å². The molecule has 1 aliphatic carbocycles. The third-order valence-corrected chi connectivity index (χ3v) is 4.70. The average molecular weight is 262 g/mol. The topological polar surface area (TPSA) is 89.3 Å². The molecule has 1 aliphatic rings. The van der Waals surface area contributed by atoms with Gasteiger partial charge in [-0.3, -0.25) is 4.79 Å². The fourth-order valence-electron chi connectivity index (χ4n) is 2.04. The highest BCUT2D eigenvalue weighted by atomic mass is 32.2. The third kappa shape index (κ3) is 5.50. The lowest BCUT2D eigenvalue weighted by Gasteiger charge is -2.13. The molecule has 6 heteroatoms. The first-order chi connectivity index (χ1) is 7.93. The second-order valence-corrected chi connectivity index (χ2v) is 6.88. The van der Waals surface area contributed by atoms with Gasteiger partial charge >= 0.3 is 0 Å². The van der Waals surface area contributed by atoms with E-state index in [9.17, 15) is 13.2 Å². The molecule has 5 nitrogen and oxygen atoms in total. The van der Waals surface area contributed by atoms with Crippen molar-refractivity contribution in [3.63, 3.8) is 0 Å². The molecule has 1 fully saturated rings. The molecule has 3 N–H and O–H groups in total. The van der Waals surface area contributed by atoms with Crippen molar-refractivity contribution in [1.82, 2.24) is 5.32 Å². The quantitative estimate of drug-likeness (QED) is 0.715. The Morgan fingerprint density at radius 3 is 2.53 bits per heavy atom. The minimum absolute atomic E-state index is 0.110. The summed E-state index contributed by atoms with van der Waals surface area (Å²) in [5.74, 6) is -0.932. The van der Waals surface area contributed by atoms with Gasteiger partial charge in [0.2, 0.25) is 5.91 Å². The Morgan fingerprint density at radius 1 is 1.41 bits per heavy atom. The van der Waals surface area contributed by atoms with Gasteiger partial charge in [-0.25, -0.2) is 8.42 Å². The molecule has 0 aliphatic heterocycles. The first kappa shape index (κ1) is 14.4. The van der Waals surface area contributed by atoms with E-state index >= 15 is 0 Å². The van der Waals surface area contributed by atoms with Crippen LogP contribution in [-0.4, -0.2) is 37.9 Å². The third-order valence-electron chi connectivity index (χ3n) is 3.06. The SMILES string of the molecule is CCC(N)CS(=O)(=O)CC(=O)NC1CCCC1. The maximum atomic E-state index is 11.6. The van der Waals surface area contributed by atoms with E-state index in [-0.39, 0.29) is 23.7 Å². The summed E-state index contributed by atoms with van der Waals surface area (Å²) < 4.78 is 23.3. The largest absolute Gasteiger partial charge is 0.352 e. The van der Waals surface area contributed by atoms with Crippen molar-refractivity contribution < 1.29 is 13.2 Å². The van der Waals surface area contributed by atoms with Crippen molar-refractivity contribution in [2.75, 3.05) is 11.5 Å². The van der Waals surface area contributed by atoms with Gasteiger partial charge < -0.3 is 11.1 Å². The molecule has 0 aromatic heterocycles. The number of sulfone groups is 1. The Bertz CT molecular complexity index is 348. The zero-order chi connectivity index (χ0) is 12.9. The summed E-state index contributed by atoms with van der Waals surface area (Å²) in [6.45, 7) is 1.83. The summed E-state index contributed by atoms with van der Waals surface area (Å²) in [5, 5.41) is 2.77. The lowest BCUT2D eigenvalue weighted by molar-refractivity contribution is -0.119. The van der Waals surface area contributed by atoms with Crippen LogP contribution >= 0.6 is 0 Å². The minimum Gasteiger partial charge on any atom is -0.352 e. The van der Waals surface area contributed by atoms with Crippen LogP contribution in [0.5, 0.6) is 0 Å². The molecule has 0 aromatic carbocycles. The normalized spacial score (nSPS) is 19.2. The van der Waals surface area contributed by atoms with E-state index in [1.165, 1.54) is 0 Å². The molecule has 17 heavy (non-hydrogen) atoms. The molecule has 0 spiro atoms. The van der Waals surface area contributed by atoms with Gasteiger partial charge in [-0.15, -0.1) is 0 Å². The predicted molar refractivity (Wildman–Crippen MR) is 67.3 cm³/mol. The van der Waals surface area contributed by atoms with E-state index in [1.807, 2.05) is 6.92 Å². The highest BCUT2D eigenvalue weighted by Gasteiger charge is 2.22. The number of carbonyl (C=O) groups is 1. The highest BCUT2D eigenvalue weighted by molar-refractivity contribution is 7.92. The highest BCUT2D eigenvalue weighted by Crippen LogP contribution is 2.17. The summed E-state index contributed by atoms with van der Waals surface area (Å²) >= 11 is 0. The van der Waals surface area contributed by atoms with E-state index in [4.69, 9.17) is 5.73 Å². The van der Waals surface area contributed by atoms with E-state index < -0.39 is 15.6 Å². The van der Waals surface area contributed by atoms with Gasteiger partial charge in [0.1, 0.15) is 5.75 Å². The molecule has 1 rings (SSSR count). The minimum atomic E-state index is -3.37. The predicted octanol–water partition coefficient (Wildman–Crippen LogP) is 0.197. The lowest BCUT2D eigenvalue weighted by Crippen LogP contribution is -2.39. The van der Waals surface area contributed by atoms with Crippen molar-refractivity contribution in [2.24, 2.45) is 5.73 Å². The van der Waals surface area contributed by atoms with Crippen LogP contribution in [0, 0.1) is 0 Å². The van der Waals surface area contributed by atoms with E-state index in [0.717, 1.165) is 25.7 Å². The maximum Gasteiger partial charge on any atom is 0.235 e. The number of nitrogens with two attached hydrogens (primary N) is 1. The van der Waals surface area contributed by atoms with Gasteiger partial charge in [0.15, 0.2) is 9.84 Å². The number of hydrogen-bond donors (Lipinski definition) is 2. The molecule has 1 unspecified atom stereocenters. The molecule has 1 atom stereocenters. The smallest absolute Gasteiger partial charge is 0.235 e. The van der Waals surface area contributed by atoms with E-state index in [0.29, 0.717) is 6.42 Å². The molecule has 0 bridgehead atoms. The van der Waals surface area contributed by atoms with Crippen LogP contribution in [0.3, 0.4) is 0 Å². The molecule has 0 aromatic rings. The molecule has 0 radical (unpaired) electrons. The Labute approximate surface area is 103 Å². The number of rotatable bonds is 6. The van der Waals surface area contributed by atoms with Crippen molar-refractivity contribution in [2.45, 2.75) is 51.1 Å². The summed E-state index contributed by atoms with van der Waals surface area (Å²) in [5.41, 5.74) is 5.59. The van der Waals surface area contributed by atoms with Crippen LogP contribution in [-0.2, 0) is 14.6 Å². The van der Waals surface area contributed by atoms with Crippen LogP contribution in [0.25, 0.3) is 0 Å². The monoisotopic (exact) mass is 262 g/mol. The van der Waals surface area contributed by atoms with Crippen molar-refractivity contribution in [3.8, 4) is 0 Å². The van der Waals surface area contributed by atoms with Gasteiger partial charge in [0.25, 0.3) is 0 Å². The first-order valence-corrected chi connectivity index (χ1v) is 8.00. The Morgan fingerprint density at radius 2 is 2.00 bits per heavy atom. The number of carbonyl (C=O) groups excluding carboxylic acids is 1. The van der Waals surface area contributed by atoms with Gasteiger partial charge in [-0.05, 0) is 19.3 Å². The Balaban J connectivity index is 2.38. The summed E-state index contributed by atoms with van der Waals surface area (Å²) in [4.78, 5) is 11.6. The summed E-state index contributed by atoms with van der Waals surface area (Å²) in [7, 11) is -3.37. The number of amides is 1. The second-order valence-electron chi connectivity index (χ2n) is 4.77. The fourth-order valence-corrected chi connectivity index (χ4v) is 3.53. The van der Waals surface area contributed by atoms with Crippen LogP contribution in [0.4, 0.5) is 0 Å². The average Bonchev–Trinajstić information content (AvgIpc) is 2.68. The first-order valence-electron chi connectivity index (χ1n) is 6.18. The van der Waals surface area contributed by atoms with E-state index in [2.05, 4.69) is 5.32 Å². The molecular weight excluding hydrogens is 240 g/mol. The number of hydrogen-bond acceptors (Lipinski definition) is 4. The van der Waals surface area contributed by atoms with Crippen LogP contribution in [0.1, 0.15) is 39.0 Å². The standard InChI is InChI=1S/C11H22N2O3S/c1-2-9(12)7-17(15,16)8-11(14)13-10-5-3-4-6-10/h9-10H,2-8,12H2,1H3,(H,13,14). The van der Waals surface area contributed by atoms with Crippen molar-refractivity contribution in [3.05, 3.63) is 0 Å². The second kappa shape index (κ2) is 6.35. The maximum absolute atomic E-state index is 11.6. The lowest BCUT2D eigenvalue weighted by atomic mass is 10.2. The Hall–Kier alpha value is -0.620. The van der Waals surface area contributed by atoms with Crippen LogP contribution < -0.4 is 11.1 Å². The van der Waals surface area contributed by atoms with Gasteiger partial charge in [-0.1, -0.05) is 19.8 Å². The summed E-state index contributed by atoms with van der Waals surface area (Å²) in [6, 6.07) is -0.211. The Kier molecular flexibility index (Phi) is 5.39. The van der Waals surface area contributed by atoms with Gasteiger partial charge in [0, 0.05) is 12.1 Å². The van der Waals surface area contributed by atoms with E-state index in [1.54, 1.807) is 0 Å². The number of nitrogens with one attached hydrogen (secondary N) is 1. The molecule has 0 saturated heterocycles. The fraction of sp³-hybridized carbons (Fsp3) is 0.909. The van der Waals surface area contributed by atoms with Gasteiger partial charge in [-0.2, -0.15) is 0 Å². The molecular formula is C11H22N2O3S. The van der Waals surface area contributed by atoms with Crippen LogP contribution in [0.2, 0.25) is 0 Å². The zero-order valence-electron chi connectivity index (χ0n) is 10.3. The molecule has 100 valence electrons. The van der Waals surface area contributed by atoms with Gasteiger partial charge in [0.05, 0.1) is 5.75 Å². The molecule has 0 heterocycles.